The minimum absolute atomic E-state index is 0. The van der Waals surface area contributed by atoms with Gasteiger partial charge in [0.25, 0.3) is 0 Å². The average Bonchev–Trinajstić information content (AvgIpc) is 3.08. The first-order valence-corrected chi connectivity index (χ1v) is 8.33. The van der Waals surface area contributed by atoms with Crippen LogP contribution in [0, 0.1) is 0 Å². The monoisotopic (exact) mass is 535 g/mol. The molecule has 2 aromatic rings. The summed E-state index contributed by atoms with van der Waals surface area (Å²) in [7, 11) is 0. The standard InChI is InChI=1S/C16H18ClF4N5O.HI/c1-2-22-16(25-9-13-23-5-6-26(13)14(18)19)24-8-10-7-11(17)3-4-12(10)27-15(20)21;/h3-7,14-15H,2,8-9H2,1H3,(H2,22,24,25);1H. The Morgan fingerprint density at radius 2 is 2.04 bits per heavy atom. The van der Waals surface area contributed by atoms with Crippen molar-refractivity contribution < 1.29 is 22.3 Å². The van der Waals surface area contributed by atoms with Crippen molar-refractivity contribution in [2.45, 2.75) is 33.2 Å². The first kappa shape index (κ1) is 24.3. The molecule has 28 heavy (non-hydrogen) atoms. The van der Waals surface area contributed by atoms with Gasteiger partial charge in [0.15, 0.2) is 5.96 Å². The number of nitrogens with zero attached hydrogens (tertiary/aromatic N) is 3. The highest BCUT2D eigenvalue weighted by atomic mass is 127. The molecule has 0 aliphatic carbocycles. The van der Waals surface area contributed by atoms with Gasteiger partial charge < -0.3 is 15.4 Å². The Balaban J connectivity index is 0.00000392. The maximum atomic E-state index is 12.9. The number of rotatable bonds is 8. The molecule has 0 spiro atoms. The summed E-state index contributed by atoms with van der Waals surface area (Å²) in [4.78, 5) is 8.12. The number of halogens is 6. The topological polar surface area (TPSA) is 63.5 Å². The Kier molecular flexibility index (Phi) is 10.4. The molecule has 0 amide bonds. The molecule has 0 atom stereocenters. The SMILES string of the molecule is CCNC(=NCc1cc(Cl)ccc1OC(F)F)NCc1nccn1C(F)F.I. The van der Waals surface area contributed by atoms with E-state index >= 15 is 0 Å². The summed E-state index contributed by atoms with van der Waals surface area (Å²) in [6.07, 6.45) is 2.44. The van der Waals surface area contributed by atoms with Crippen LogP contribution in [0.15, 0.2) is 35.6 Å². The third-order valence-corrected chi connectivity index (χ3v) is 3.60. The third kappa shape index (κ3) is 7.34. The van der Waals surface area contributed by atoms with Gasteiger partial charge in [0.2, 0.25) is 0 Å². The average molecular weight is 536 g/mol. The molecule has 1 aromatic carbocycles. The summed E-state index contributed by atoms with van der Waals surface area (Å²) in [6, 6.07) is 4.23. The van der Waals surface area contributed by atoms with Crippen molar-refractivity contribution in [3.63, 3.8) is 0 Å². The largest absolute Gasteiger partial charge is 0.434 e. The minimum atomic E-state index is -2.98. The lowest BCUT2D eigenvalue weighted by atomic mass is 10.2. The Bertz CT molecular complexity index is 775. The van der Waals surface area contributed by atoms with Crippen molar-refractivity contribution in [1.29, 1.82) is 0 Å². The summed E-state index contributed by atoms with van der Waals surface area (Å²) < 4.78 is 55.9. The number of imidazole rings is 1. The van der Waals surface area contributed by atoms with E-state index in [1.165, 1.54) is 30.6 Å². The van der Waals surface area contributed by atoms with Crippen LogP contribution in [-0.4, -0.2) is 28.7 Å². The zero-order valence-corrected chi connectivity index (χ0v) is 17.8. The molecule has 6 nitrogen and oxygen atoms in total. The fourth-order valence-corrected chi connectivity index (χ4v) is 2.40. The Labute approximate surface area is 181 Å². The van der Waals surface area contributed by atoms with Crippen LogP contribution in [0.1, 0.15) is 24.9 Å². The van der Waals surface area contributed by atoms with Crippen LogP contribution < -0.4 is 15.4 Å². The number of aromatic nitrogens is 2. The van der Waals surface area contributed by atoms with E-state index in [1.807, 2.05) is 6.92 Å². The molecule has 0 unspecified atom stereocenters. The Morgan fingerprint density at radius 1 is 1.29 bits per heavy atom. The lowest BCUT2D eigenvalue weighted by molar-refractivity contribution is -0.0504. The van der Waals surface area contributed by atoms with Crippen molar-refractivity contribution in [3.05, 3.63) is 47.0 Å². The highest BCUT2D eigenvalue weighted by molar-refractivity contribution is 14.0. The van der Waals surface area contributed by atoms with E-state index in [0.717, 1.165) is 4.57 Å². The van der Waals surface area contributed by atoms with E-state index in [0.29, 0.717) is 23.1 Å². The molecule has 2 rings (SSSR count). The van der Waals surface area contributed by atoms with E-state index < -0.39 is 13.2 Å². The van der Waals surface area contributed by atoms with Crippen molar-refractivity contribution in [2.24, 2.45) is 4.99 Å². The normalized spacial score (nSPS) is 11.5. The van der Waals surface area contributed by atoms with Gasteiger partial charge >= 0.3 is 13.2 Å². The number of benzene rings is 1. The molecule has 0 aliphatic rings. The van der Waals surface area contributed by atoms with Crippen LogP contribution in [-0.2, 0) is 13.1 Å². The zero-order chi connectivity index (χ0) is 19.8. The Morgan fingerprint density at radius 3 is 2.68 bits per heavy atom. The number of nitrogens with one attached hydrogen (secondary N) is 2. The second-order valence-electron chi connectivity index (χ2n) is 5.21. The van der Waals surface area contributed by atoms with Crippen LogP contribution in [0.3, 0.4) is 0 Å². The molecule has 156 valence electrons. The highest BCUT2D eigenvalue weighted by Crippen LogP contribution is 2.25. The van der Waals surface area contributed by atoms with Crippen LogP contribution in [0.5, 0.6) is 5.75 Å². The number of hydrogen-bond acceptors (Lipinski definition) is 3. The molecule has 0 aliphatic heterocycles. The van der Waals surface area contributed by atoms with E-state index in [-0.39, 0.29) is 48.6 Å². The minimum Gasteiger partial charge on any atom is -0.434 e. The maximum absolute atomic E-state index is 12.9. The molecule has 12 heteroatoms. The van der Waals surface area contributed by atoms with E-state index in [1.54, 1.807) is 0 Å². The summed E-state index contributed by atoms with van der Waals surface area (Å²) in [5.41, 5.74) is 0.356. The van der Waals surface area contributed by atoms with Gasteiger partial charge in [-0.2, -0.15) is 17.6 Å². The molecule has 2 N–H and O–H groups in total. The second-order valence-corrected chi connectivity index (χ2v) is 5.64. The molecule has 0 saturated heterocycles. The predicted molar refractivity (Wildman–Crippen MR) is 109 cm³/mol. The summed E-state index contributed by atoms with van der Waals surface area (Å²) in [5, 5.41) is 6.14. The number of ether oxygens (including phenoxy) is 1. The number of hydrogen-bond donors (Lipinski definition) is 2. The highest BCUT2D eigenvalue weighted by Gasteiger charge is 2.13. The number of alkyl halides is 4. The molecule has 0 saturated carbocycles. The van der Waals surface area contributed by atoms with Gasteiger partial charge in [-0.25, -0.2) is 9.98 Å². The van der Waals surface area contributed by atoms with Gasteiger partial charge in [-0.3, -0.25) is 4.57 Å². The molecule has 0 bridgehead atoms. The summed E-state index contributed by atoms with van der Waals surface area (Å²) in [5.74, 6) is 0.381. The molecule has 1 heterocycles. The van der Waals surface area contributed by atoms with Crippen molar-refractivity contribution >= 4 is 41.5 Å². The summed E-state index contributed by atoms with van der Waals surface area (Å²) in [6.45, 7) is -3.37. The van der Waals surface area contributed by atoms with Gasteiger partial charge in [-0.15, -0.1) is 24.0 Å². The second kappa shape index (κ2) is 11.9. The zero-order valence-electron chi connectivity index (χ0n) is 14.7. The summed E-state index contributed by atoms with van der Waals surface area (Å²) >= 11 is 5.90. The molecule has 0 fully saturated rings. The van der Waals surface area contributed by atoms with E-state index in [2.05, 4.69) is 25.3 Å². The smallest absolute Gasteiger partial charge is 0.387 e. The fraction of sp³-hybridized carbons (Fsp3) is 0.375. The van der Waals surface area contributed by atoms with E-state index in [9.17, 15) is 17.6 Å². The Hall–Kier alpha value is -1.76. The predicted octanol–water partition coefficient (Wildman–Crippen LogP) is 4.41. The fourth-order valence-electron chi connectivity index (χ4n) is 2.21. The third-order valence-electron chi connectivity index (χ3n) is 3.36. The molecular formula is C16H19ClF4IN5O. The van der Waals surface area contributed by atoms with Gasteiger partial charge in [0.05, 0.1) is 13.1 Å². The first-order valence-electron chi connectivity index (χ1n) is 7.96. The van der Waals surface area contributed by atoms with Gasteiger partial charge in [-0.1, -0.05) is 11.6 Å². The van der Waals surface area contributed by atoms with Crippen molar-refractivity contribution in [2.75, 3.05) is 6.54 Å². The van der Waals surface area contributed by atoms with Crippen LogP contribution in [0.2, 0.25) is 5.02 Å². The molecule has 1 aromatic heterocycles. The maximum Gasteiger partial charge on any atom is 0.387 e. The van der Waals surface area contributed by atoms with Gasteiger partial charge in [-0.05, 0) is 25.1 Å². The van der Waals surface area contributed by atoms with Crippen LogP contribution in [0.25, 0.3) is 0 Å². The van der Waals surface area contributed by atoms with Gasteiger partial charge in [0.1, 0.15) is 11.6 Å². The number of guanidine groups is 1. The van der Waals surface area contributed by atoms with Crippen molar-refractivity contribution in [3.8, 4) is 5.75 Å². The molecular weight excluding hydrogens is 517 g/mol. The van der Waals surface area contributed by atoms with Crippen LogP contribution in [0.4, 0.5) is 17.6 Å². The lowest BCUT2D eigenvalue weighted by Gasteiger charge is -2.13. The van der Waals surface area contributed by atoms with E-state index in [4.69, 9.17) is 11.6 Å². The van der Waals surface area contributed by atoms with Crippen molar-refractivity contribution in [1.82, 2.24) is 20.2 Å². The quantitative estimate of drug-likeness (QED) is 0.228. The number of aliphatic imine (C=N–C) groups is 1. The van der Waals surface area contributed by atoms with Gasteiger partial charge in [0, 0.05) is 29.5 Å². The van der Waals surface area contributed by atoms with Crippen LogP contribution >= 0.6 is 35.6 Å². The molecule has 0 radical (unpaired) electrons. The lowest BCUT2D eigenvalue weighted by Crippen LogP contribution is -2.37. The first-order chi connectivity index (χ1) is 12.9.